The van der Waals surface area contributed by atoms with Crippen LogP contribution in [0.4, 0.5) is 5.69 Å². The van der Waals surface area contributed by atoms with E-state index in [1.807, 2.05) is 39.2 Å². The molecular formula is C20H23N5O3S2. The fourth-order valence-electron chi connectivity index (χ4n) is 4.11. The van der Waals surface area contributed by atoms with E-state index >= 15 is 0 Å². The zero-order valence-electron chi connectivity index (χ0n) is 16.3. The number of imidazole rings is 1. The highest BCUT2D eigenvalue weighted by Crippen LogP contribution is 2.25. The number of anilines is 1. The van der Waals surface area contributed by atoms with E-state index in [1.165, 1.54) is 0 Å². The van der Waals surface area contributed by atoms with E-state index in [-0.39, 0.29) is 12.5 Å². The third-order valence-corrected chi connectivity index (χ3v) is 8.31. The topological polar surface area (TPSA) is 95.8 Å². The van der Waals surface area contributed by atoms with Crippen molar-refractivity contribution >= 4 is 37.9 Å². The minimum atomic E-state index is -3.59. The lowest BCUT2D eigenvalue weighted by Gasteiger charge is -2.20. The van der Waals surface area contributed by atoms with Crippen molar-refractivity contribution in [3.63, 3.8) is 0 Å². The van der Waals surface area contributed by atoms with Crippen molar-refractivity contribution in [2.75, 3.05) is 24.4 Å². The van der Waals surface area contributed by atoms with Crippen molar-refractivity contribution < 1.29 is 13.2 Å². The van der Waals surface area contributed by atoms with Crippen LogP contribution in [0.5, 0.6) is 0 Å². The number of likely N-dealkylation sites (tertiary alicyclic amines) is 1. The van der Waals surface area contributed by atoms with Gasteiger partial charge in [0, 0.05) is 48.7 Å². The Balaban J connectivity index is 1.24. The van der Waals surface area contributed by atoms with Gasteiger partial charge in [-0.25, -0.2) is 13.4 Å². The van der Waals surface area contributed by atoms with E-state index in [4.69, 9.17) is 0 Å². The molecule has 1 aromatic carbocycles. The van der Waals surface area contributed by atoms with Crippen molar-refractivity contribution in [1.29, 1.82) is 0 Å². The van der Waals surface area contributed by atoms with Gasteiger partial charge in [0.15, 0.2) is 4.96 Å². The summed E-state index contributed by atoms with van der Waals surface area (Å²) in [7, 11) is -3.59. The number of sulfonamides is 1. The molecule has 2 unspecified atom stereocenters. The predicted molar refractivity (Wildman–Crippen MR) is 117 cm³/mol. The molecule has 0 aliphatic carbocycles. The zero-order valence-corrected chi connectivity index (χ0v) is 18.0. The number of nitrogens with one attached hydrogen (secondary N) is 2. The lowest BCUT2D eigenvalue weighted by atomic mass is 10.1. The smallest absolute Gasteiger partial charge is 0.239 e. The highest BCUT2D eigenvalue weighted by atomic mass is 32.2. The van der Waals surface area contributed by atoms with Gasteiger partial charge in [-0.1, -0.05) is 12.1 Å². The van der Waals surface area contributed by atoms with Crippen LogP contribution in [0.25, 0.3) is 16.2 Å². The molecule has 2 fully saturated rings. The summed E-state index contributed by atoms with van der Waals surface area (Å²) in [6, 6.07) is 6.79. The number of benzene rings is 1. The molecule has 3 aromatic rings. The third-order valence-electron chi connectivity index (χ3n) is 5.78. The summed E-state index contributed by atoms with van der Waals surface area (Å²) in [4.78, 5) is 19.9. The standard InChI is InChI=1S/C20H23N5O3S2/c26-19(24-7-1-2-8-24)17-11-16(12-21-17)30(27,28)23-15-5-3-14(4-6-15)18-13-25-9-10-29-20(25)22-18/h3-6,9-10,13,16-17,21,23H,1-2,7-8,11-12H2. The van der Waals surface area contributed by atoms with Crippen LogP contribution in [-0.4, -0.2) is 59.5 Å². The minimum absolute atomic E-state index is 0.0227. The summed E-state index contributed by atoms with van der Waals surface area (Å²) in [5.41, 5.74) is 2.28. The molecule has 0 saturated carbocycles. The van der Waals surface area contributed by atoms with Crippen LogP contribution in [0, 0.1) is 0 Å². The van der Waals surface area contributed by atoms with Gasteiger partial charge in [0.25, 0.3) is 0 Å². The predicted octanol–water partition coefficient (Wildman–Crippen LogP) is 2.16. The first-order chi connectivity index (χ1) is 14.5. The summed E-state index contributed by atoms with van der Waals surface area (Å²) < 4.78 is 30.3. The van der Waals surface area contributed by atoms with Crippen LogP contribution in [0.2, 0.25) is 0 Å². The van der Waals surface area contributed by atoms with Crippen molar-refractivity contribution in [1.82, 2.24) is 19.6 Å². The summed E-state index contributed by atoms with van der Waals surface area (Å²) in [6.45, 7) is 1.82. The van der Waals surface area contributed by atoms with Gasteiger partial charge in [0.1, 0.15) is 0 Å². The largest absolute Gasteiger partial charge is 0.341 e. The lowest BCUT2D eigenvalue weighted by molar-refractivity contribution is -0.131. The second-order valence-corrected chi connectivity index (χ2v) is 10.6. The van der Waals surface area contributed by atoms with Crippen LogP contribution in [0.1, 0.15) is 19.3 Å². The van der Waals surface area contributed by atoms with Crippen molar-refractivity contribution in [2.24, 2.45) is 0 Å². The van der Waals surface area contributed by atoms with Crippen LogP contribution in [0.3, 0.4) is 0 Å². The number of carbonyl (C=O) groups excluding carboxylic acids is 1. The molecule has 0 spiro atoms. The highest BCUT2D eigenvalue weighted by Gasteiger charge is 2.39. The summed E-state index contributed by atoms with van der Waals surface area (Å²) in [6.07, 6.45) is 6.25. The summed E-state index contributed by atoms with van der Waals surface area (Å²) in [5, 5.41) is 4.44. The zero-order chi connectivity index (χ0) is 20.7. The quantitative estimate of drug-likeness (QED) is 0.628. The highest BCUT2D eigenvalue weighted by molar-refractivity contribution is 7.93. The number of carbonyl (C=O) groups is 1. The Morgan fingerprint density at radius 3 is 2.70 bits per heavy atom. The Morgan fingerprint density at radius 1 is 1.20 bits per heavy atom. The number of aromatic nitrogens is 2. The monoisotopic (exact) mass is 445 g/mol. The van der Waals surface area contributed by atoms with Crippen molar-refractivity contribution in [2.45, 2.75) is 30.6 Å². The molecular weight excluding hydrogens is 422 g/mol. The number of amides is 1. The van der Waals surface area contributed by atoms with Gasteiger partial charge in [-0.05, 0) is 31.4 Å². The number of rotatable bonds is 5. The lowest BCUT2D eigenvalue weighted by Crippen LogP contribution is -2.42. The second-order valence-electron chi connectivity index (χ2n) is 7.79. The molecule has 4 heterocycles. The molecule has 1 amide bonds. The average Bonchev–Trinajstić information content (AvgIpc) is 3.52. The maximum atomic E-state index is 12.8. The molecule has 30 heavy (non-hydrogen) atoms. The number of hydrogen-bond acceptors (Lipinski definition) is 6. The Hall–Kier alpha value is -2.43. The number of hydrogen-bond donors (Lipinski definition) is 2. The molecule has 158 valence electrons. The Morgan fingerprint density at radius 2 is 1.97 bits per heavy atom. The first-order valence-electron chi connectivity index (χ1n) is 10.1. The fourth-order valence-corrected chi connectivity index (χ4v) is 6.20. The summed E-state index contributed by atoms with van der Waals surface area (Å²) in [5.74, 6) is 0.0227. The van der Waals surface area contributed by atoms with E-state index in [2.05, 4.69) is 15.0 Å². The van der Waals surface area contributed by atoms with E-state index in [1.54, 1.807) is 23.5 Å². The molecule has 2 atom stereocenters. The molecule has 10 heteroatoms. The molecule has 2 aromatic heterocycles. The van der Waals surface area contributed by atoms with E-state index in [0.29, 0.717) is 12.1 Å². The molecule has 0 radical (unpaired) electrons. The molecule has 0 bridgehead atoms. The van der Waals surface area contributed by atoms with Crippen LogP contribution in [-0.2, 0) is 14.8 Å². The molecule has 2 aliphatic heterocycles. The Labute approximate surface area is 179 Å². The van der Waals surface area contributed by atoms with Gasteiger partial charge in [0.05, 0.1) is 17.0 Å². The van der Waals surface area contributed by atoms with Crippen molar-refractivity contribution in [3.05, 3.63) is 42.0 Å². The van der Waals surface area contributed by atoms with E-state index in [0.717, 1.165) is 42.1 Å². The van der Waals surface area contributed by atoms with Gasteiger partial charge >= 0.3 is 0 Å². The molecule has 2 N–H and O–H groups in total. The van der Waals surface area contributed by atoms with Gasteiger partial charge in [-0.3, -0.25) is 13.9 Å². The Kier molecular flexibility index (Phi) is 5.00. The maximum Gasteiger partial charge on any atom is 0.239 e. The molecule has 2 aliphatic rings. The normalized spacial score (nSPS) is 22.1. The number of fused-ring (bicyclic) bond motifs is 1. The fraction of sp³-hybridized carbons (Fsp3) is 0.400. The van der Waals surface area contributed by atoms with Crippen LogP contribution >= 0.6 is 11.3 Å². The van der Waals surface area contributed by atoms with Crippen LogP contribution < -0.4 is 10.0 Å². The van der Waals surface area contributed by atoms with Gasteiger partial charge in [-0.2, -0.15) is 0 Å². The first-order valence-corrected chi connectivity index (χ1v) is 12.5. The first kappa shape index (κ1) is 19.5. The van der Waals surface area contributed by atoms with E-state index in [9.17, 15) is 13.2 Å². The summed E-state index contributed by atoms with van der Waals surface area (Å²) >= 11 is 1.57. The number of thiazole rings is 1. The van der Waals surface area contributed by atoms with E-state index < -0.39 is 21.3 Å². The van der Waals surface area contributed by atoms with Gasteiger partial charge in [0.2, 0.25) is 15.9 Å². The van der Waals surface area contributed by atoms with Gasteiger partial charge in [-0.15, -0.1) is 11.3 Å². The Bertz CT molecular complexity index is 1130. The average molecular weight is 446 g/mol. The SMILES string of the molecule is O=C(C1CC(S(=O)(=O)Nc2ccc(-c3cn4ccsc4n3)cc2)CN1)N1CCCC1. The molecule has 2 saturated heterocycles. The molecule has 8 nitrogen and oxygen atoms in total. The molecule has 5 rings (SSSR count). The number of nitrogens with zero attached hydrogens (tertiary/aromatic N) is 3. The second kappa shape index (κ2) is 7.68. The maximum absolute atomic E-state index is 12.8. The van der Waals surface area contributed by atoms with Crippen LogP contribution in [0.15, 0.2) is 42.0 Å². The van der Waals surface area contributed by atoms with Gasteiger partial charge < -0.3 is 10.2 Å². The minimum Gasteiger partial charge on any atom is -0.341 e. The van der Waals surface area contributed by atoms with Crippen molar-refractivity contribution in [3.8, 4) is 11.3 Å². The third kappa shape index (κ3) is 3.70.